The van der Waals surface area contributed by atoms with E-state index >= 15 is 0 Å². The van der Waals surface area contributed by atoms with Gasteiger partial charge in [0.05, 0.1) is 24.7 Å². The van der Waals surface area contributed by atoms with Gasteiger partial charge in [0.25, 0.3) is 10.0 Å². The molecule has 0 aliphatic rings. The lowest BCUT2D eigenvalue weighted by atomic mass is 10.2. The molecule has 0 radical (unpaired) electrons. The lowest BCUT2D eigenvalue weighted by molar-refractivity contribution is 0.281. The van der Waals surface area contributed by atoms with Crippen LogP contribution in [0.15, 0.2) is 46.3 Å². The highest BCUT2D eigenvalue weighted by Crippen LogP contribution is 2.25. The molecule has 0 atom stereocenters. The highest BCUT2D eigenvalue weighted by atomic mass is 79.9. The zero-order valence-electron chi connectivity index (χ0n) is 9.62. The number of aliphatic hydroxyl groups excluding tert-OH is 1. The molecule has 2 aromatic rings. The van der Waals surface area contributed by atoms with Crippen LogP contribution in [0.4, 0.5) is 5.69 Å². The number of benzene rings is 1. The molecule has 0 aliphatic heterocycles. The number of anilines is 1. The number of nitrogens with one attached hydrogen (secondary N) is 1. The summed E-state index contributed by atoms with van der Waals surface area (Å²) in [5.41, 5.74) is 0.898. The maximum absolute atomic E-state index is 12.2. The summed E-state index contributed by atoms with van der Waals surface area (Å²) in [4.78, 5) is 7.54. The van der Waals surface area contributed by atoms with E-state index in [1.165, 1.54) is 24.8 Å². The Hall–Kier alpha value is -1.51. The van der Waals surface area contributed by atoms with Gasteiger partial charge in [-0.2, -0.15) is 0 Å². The van der Waals surface area contributed by atoms with Crippen molar-refractivity contribution in [1.82, 2.24) is 9.97 Å². The minimum absolute atomic E-state index is 0.0774. The average molecular weight is 344 g/mol. The van der Waals surface area contributed by atoms with Crippen LogP contribution in [0, 0.1) is 0 Å². The molecule has 2 rings (SSSR count). The second-order valence-electron chi connectivity index (χ2n) is 3.66. The van der Waals surface area contributed by atoms with Crippen molar-refractivity contribution in [1.29, 1.82) is 0 Å². The molecule has 2 N–H and O–H groups in total. The zero-order valence-corrected chi connectivity index (χ0v) is 12.0. The van der Waals surface area contributed by atoms with Crippen molar-refractivity contribution in [3.63, 3.8) is 0 Å². The predicted molar refractivity (Wildman–Crippen MR) is 72.9 cm³/mol. The Morgan fingerprint density at radius 3 is 2.53 bits per heavy atom. The Balaban J connectivity index is 2.35. The van der Waals surface area contributed by atoms with E-state index in [0.717, 1.165) is 0 Å². The van der Waals surface area contributed by atoms with E-state index in [9.17, 15) is 8.42 Å². The van der Waals surface area contributed by atoms with Crippen LogP contribution in [0.3, 0.4) is 0 Å². The van der Waals surface area contributed by atoms with Gasteiger partial charge in [-0.3, -0.25) is 4.72 Å². The third-order valence-electron chi connectivity index (χ3n) is 2.28. The number of rotatable bonds is 4. The molecule has 1 aromatic carbocycles. The van der Waals surface area contributed by atoms with Gasteiger partial charge in [-0.25, -0.2) is 18.4 Å². The lowest BCUT2D eigenvalue weighted by Crippen LogP contribution is -2.14. The van der Waals surface area contributed by atoms with Crippen molar-refractivity contribution in [3.05, 3.63) is 47.0 Å². The Morgan fingerprint density at radius 2 is 1.95 bits per heavy atom. The summed E-state index contributed by atoms with van der Waals surface area (Å²) in [5.74, 6) is 0. The minimum atomic E-state index is -3.73. The molecular formula is C11H10BrN3O3S. The maximum atomic E-state index is 12.2. The molecule has 0 aliphatic carbocycles. The Labute approximate surface area is 118 Å². The zero-order chi connectivity index (χ0) is 13.9. The number of aromatic nitrogens is 2. The van der Waals surface area contributed by atoms with E-state index in [-0.39, 0.29) is 17.2 Å². The van der Waals surface area contributed by atoms with Crippen LogP contribution in [-0.4, -0.2) is 23.5 Å². The summed E-state index contributed by atoms with van der Waals surface area (Å²) in [7, 11) is -3.73. The summed E-state index contributed by atoms with van der Waals surface area (Å²) in [6, 6.07) is 4.51. The van der Waals surface area contributed by atoms with Gasteiger partial charge < -0.3 is 5.11 Å². The van der Waals surface area contributed by atoms with Crippen LogP contribution in [0.25, 0.3) is 0 Å². The van der Waals surface area contributed by atoms with Crippen molar-refractivity contribution in [2.24, 2.45) is 0 Å². The van der Waals surface area contributed by atoms with Crippen LogP contribution in [0.2, 0.25) is 0 Å². The van der Waals surface area contributed by atoms with Crippen molar-refractivity contribution < 1.29 is 13.5 Å². The van der Waals surface area contributed by atoms with Gasteiger partial charge in [0.2, 0.25) is 0 Å². The molecule has 100 valence electrons. The normalized spacial score (nSPS) is 11.3. The molecule has 0 bridgehead atoms. The first-order valence-corrected chi connectivity index (χ1v) is 7.47. The fourth-order valence-corrected chi connectivity index (χ4v) is 3.58. The van der Waals surface area contributed by atoms with Crippen molar-refractivity contribution >= 4 is 31.6 Å². The van der Waals surface area contributed by atoms with Gasteiger partial charge in [0.15, 0.2) is 0 Å². The average Bonchev–Trinajstić information content (AvgIpc) is 2.38. The molecule has 6 nitrogen and oxygen atoms in total. The summed E-state index contributed by atoms with van der Waals surface area (Å²) in [5, 5.41) is 8.99. The largest absolute Gasteiger partial charge is 0.392 e. The molecule has 0 saturated carbocycles. The van der Waals surface area contributed by atoms with Gasteiger partial charge in [0.1, 0.15) is 11.2 Å². The Morgan fingerprint density at radius 1 is 1.26 bits per heavy atom. The molecule has 0 amide bonds. The SMILES string of the molecule is O=S(=O)(Nc1cncnc1)c1ccc(CO)cc1Br. The lowest BCUT2D eigenvalue weighted by Gasteiger charge is -2.09. The van der Waals surface area contributed by atoms with Gasteiger partial charge in [-0.05, 0) is 33.6 Å². The summed E-state index contributed by atoms with van der Waals surface area (Å²) >= 11 is 3.18. The topological polar surface area (TPSA) is 92.2 Å². The second kappa shape index (κ2) is 5.64. The van der Waals surface area contributed by atoms with Crippen LogP contribution >= 0.6 is 15.9 Å². The third kappa shape index (κ3) is 3.28. The molecule has 0 unspecified atom stereocenters. The van der Waals surface area contributed by atoms with Gasteiger partial charge in [-0.1, -0.05) is 6.07 Å². The number of aliphatic hydroxyl groups is 1. The fourth-order valence-electron chi connectivity index (χ4n) is 1.42. The first-order chi connectivity index (χ1) is 9.03. The minimum Gasteiger partial charge on any atom is -0.392 e. The number of hydrogen-bond acceptors (Lipinski definition) is 5. The van der Waals surface area contributed by atoms with Gasteiger partial charge in [-0.15, -0.1) is 0 Å². The van der Waals surface area contributed by atoms with E-state index in [4.69, 9.17) is 5.11 Å². The molecule has 0 saturated heterocycles. The van der Waals surface area contributed by atoms with Crippen LogP contribution in [0.5, 0.6) is 0 Å². The van der Waals surface area contributed by atoms with E-state index < -0.39 is 10.0 Å². The molecule has 0 fully saturated rings. The highest BCUT2D eigenvalue weighted by molar-refractivity contribution is 9.10. The van der Waals surface area contributed by atoms with Crippen molar-refractivity contribution in [3.8, 4) is 0 Å². The van der Waals surface area contributed by atoms with Crippen molar-refractivity contribution in [2.45, 2.75) is 11.5 Å². The van der Waals surface area contributed by atoms with Crippen LogP contribution in [0.1, 0.15) is 5.56 Å². The van der Waals surface area contributed by atoms with E-state index in [1.54, 1.807) is 12.1 Å². The fraction of sp³-hybridized carbons (Fsp3) is 0.0909. The highest BCUT2D eigenvalue weighted by Gasteiger charge is 2.18. The number of halogens is 1. The predicted octanol–water partition coefficient (Wildman–Crippen LogP) is 1.53. The van der Waals surface area contributed by atoms with E-state index in [0.29, 0.717) is 10.0 Å². The Kier molecular flexibility index (Phi) is 4.13. The first-order valence-electron chi connectivity index (χ1n) is 5.20. The van der Waals surface area contributed by atoms with Gasteiger partial charge in [0, 0.05) is 4.47 Å². The Bertz CT molecular complexity index is 677. The number of nitrogens with zero attached hydrogens (tertiary/aromatic N) is 2. The third-order valence-corrected chi connectivity index (χ3v) is 4.64. The molecule has 0 spiro atoms. The van der Waals surface area contributed by atoms with E-state index in [2.05, 4.69) is 30.6 Å². The monoisotopic (exact) mass is 343 g/mol. The van der Waals surface area contributed by atoms with Crippen molar-refractivity contribution in [2.75, 3.05) is 4.72 Å². The van der Waals surface area contributed by atoms with Crippen LogP contribution < -0.4 is 4.72 Å². The maximum Gasteiger partial charge on any atom is 0.263 e. The smallest absolute Gasteiger partial charge is 0.263 e. The summed E-state index contributed by atoms with van der Waals surface area (Å²) in [6.07, 6.45) is 4.03. The van der Waals surface area contributed by atoms with E-state index in [1.807, 2.05) is 0 Å². The standard InChI is InChI=1S/C11H10BrN3O3S/c12-10-3-8(6-16)1-2-11(10)19(17,18)15-9-4-13-7-14-5-9/h1-5,7,15-16H,6H2. The first kappa shape index (κ1) is 13.9. The number of sulfonamides is 1. The molecule has 19 heavy (non-hydrogen) atoms. The molecular weight excluding hydrogens is 334 g/mol. The van der Waals surface area contributed by atoms with Gasteiger partial charge >= 0.3 is 0 Å². The summed E-state index contributed by atoms with van der Waals surface area (Å²) in [6.45, 7) is -0.154. The molecule has 8 heteroatoms. The second-order valence-corrected chi connectivity index (χ2v) is 6.16. The quantitative estimate of drug-likeness (QED) is 0.878. The van der Waals surface area contributed by atoms with Crippen LogP contribution in [-0.2, 0) is 16.6 Å². The summed E-state index contributed by atoms with van der Waals surface area (Å²) < 4.78 is 27.1. The molecule has 1 aromatic heterocycles. The molecule has 1 heterocycles. The number of hydrogen-bond donors (Lipinski definition) is 2.